The van der Waals surface area contributed by atoms with Gasteiger partial charge >= 0.3 is 0 Å². The van der Waals surface area contributed by atoms with E-state index in [1.165, 1.54) is 5.69 Å². The van der Waals surface area contributed by atoms with Gasteiger partial charge in [0.2, 0.25) is 5.95 Å². The zero-order valence-corrected chi connectivity index (χ0v) is 17.6. The molecule has 8 heteroatoms. The van der Waals surface area contributed by atoms with Crippen molar-refractivity contribution in [2.75, 3.05) is 54.4 Å². The van der Waals surface area contributed by atoms with Crippen molar-refractivity contribution in [2.24, 2.45) is 0 Å². The molecule has 4 rings (SSSR count). The topological polar surface area (TPSA) is 65.5 Å². The monoisotopic (exact) mass is 412 g/mol. The number of nitrogens with zero attached hydrogens (tertiary/aromatic N) is 4. The molecule has 1 atom stereocenters. The van der Waals surface area contributed by atoms with Crippen molar-refractivity contribution in [3.63, 3.8) is 0 Å². The maximum absolute atomic E-state index is 5.62. The van der Waals surface area contributed by atoms with Crippen molar-refractivity contribution in [1.82, 2.24) is 15.3 Å². The number of hydrogen-bond acceptors (Lipinski definition) is 6. The highest BCUT2D eigenvalue weighted by atomic mass is 32.1. The minimum absolute atomic E-state index is 0.240. The Morgan fingerprint density at radius 3 is 2.62 bits per heavy atom. The maximum atomic E-state index is 5.62. The first kappa shape index (κ1) is 19.8. The van der Waals surface area contributed by atoms with Crippen LogP contribution in [-0.4, -0.2) is 60.5 Å². The number of rotatable bonds is 5. The molecule has 154 valence electrons. The Labute approximate surface area is 177 Å². The number of para-hydroxylation sites is 1. The van der Waals surface area contributed by atoms with Gasteiger partial charge in [-0.25, -0.2) is 4.98 Å². The number of nitrogens with one attached hydrogen (secondary N) is 2. The number of thiocarbonyl (C=S) groups is 1. The van der Waals surface area contributed by atoms with Crippen molar-refractivity contribution in [2.45, 2.75) is 25.9 Å². The fourth-order valence-corrected chi connectivity index (χ4v) is 3.93. The Morgan fingerprint density at radius 1 is 1.14 bits per heavy atom. The predicted octanol–water partition coefficient (Wildman–Crippen LogP) is 2.58. The largest absolute Gasteiger partial charge is 0.376 e. The van der Waals surface area contributed by atoms with Crippen LogP contribution in [0.1, 0.15) is 18.5 Å². The fraction of sp³-hybridized carbons (Fsp3) is 0.476. The molecule has 2 N–H and O–H groups in total. The average molecular weight is 413 g/mol. The first-order chi connectivity index (χ1) is 14.2. The Balaban J connectivity index is 1.34. The van der Waals surface area contributed by atoms with Gasteiger partial charge in [-0.2, -0.15) is 4.98 Å². The lowest BCUT2D eigenvalue weighted by atomic mass is 10.2. The summed E-state index contributed by atoms with van der Waals surface area (Å²) >= 11 is 5.41. The SMILES string of the molecule is Cc1cc(N2CCN(c3ccccc3)CC2)nc(NC(=S)NCC2CCCO2)n1. The molecule has 0 spiro atoms. The van der Waals surface area contributed by atoms with Gasteiger partial charge in [-0.1, -0.05) is 18.2 Å². The van der Waals surface area contributed by atoms with E-state index in [1.807, 2.05) is 13.0 Å². The van der Waals surface area contributed by atoms with E-state index in [0.717, 1.165) is 57.1 Å². The van der Waals surface area contributed by atoms with Crippen molar-refractivity contribution >= 4 is 34.8 Å². The minimum Gasteiger partial charge on any atom is -0.376 e. The summed E-state index contributed by atoms with van der Waals surface area (Å²) in [6.45, 7) is 7.33. The molecule has 0 amide bonds. The zero-order valence-electron chi connectivity index (χ0n) is 16.8. The molecular weight excluding hydrogens is 384 g/mol. The van der Waals surface area contributed by atoms with Crippen molar-refractivity contribution in [1.29, 1.82) is 0 Å². The lowest BCUT2D eigenvalue weighted by Gasteiger charge is -2.36. The van der Waals surface area contributed by atoms with Gasteiger partial charge in [0, 0.05) is 56.8 Å². The molecule has 2 aromatic rings. The van der Waals surface area contributed by atoms with Crippen LogP contribution in [0.4, 0.5) is 17.5 Å². The second-order valence-electron chi connectivity index (χ2n) is 7.47. The predicted molar refractivity (Wildman–Crippen MR) is 121 cm³/mol. The number of ether oxygens (including phenoxy) is 1. The van der Waals surface area contributed by atoms with Crippen LogP contribution in [0.5, 0.6) is 0 Å². The van der Waals surface area contributed by atoms with Crippen LogP contribution in [0.15, 0.2) is 36.4 Å². The van der Waals surface area contributed by atoms with E-state index in [1.54, 1.807) is 0 Å². The fourth-order valence-electron chi connectivity index (χ4n) is 3.76. The van der Waals surface area contributed by atoms with E-state index in [0.29, 0.717) is 17.6 Å². The highest BCUT2D eigenvalue weighted by Crippen LogP contribution is 2.20. The van der Waals surface area contributed by atoms with Gasteiger partial charge in [0.15, 0.2) is 5.11 Å². The van der Waals surface area contributed by atoms with E-state index in [4.69, 9.17) is 21.9 Å². The molecule has 2 fully saturated rings. The van der Waals surface area contributed by atoms with Crippen molar-refractivity contribution in [3.8, 4) is 0 Å². The summed E-state index contributed by atoms with van der Waals surface area (Å²) in [7, 11) is 0. The van der Waals surface area contributed by atoms with E-state index >= 15 is 0 Å². The van der Waals surface area contributed by atoms with Gasteiger partial charge in [-0.05, 0) is 44.1 Å². The van der Waals surface area contributed by atoms with E-state index in [9.17, 15) is 0 Å². The maximum Gasteiger partial charge on any atom is 0.231 e. The quantitative estimate of drug-likeness (QED) is 0.727. The van der Waals surface area contributed by atoms with Crippen LogP contribution in [0, 0.1) is 6.92 Å². The number of benzene rings is 1. The summed E-state index contributed by atoms with van der Waals surface area (Å²) < 4.78 is 5.62. The lowest BCUT2D eigenvalue weighted by Crippen LogP contribution is -2.47. The molecule has 0 bridgehead atoms. The third-order valence-electron chi connectivity index (χ3n) is 5.31. The zero-order chi connectivity index (χ0) is 20.1. The van der Waals surface area contributed by atoms with Crippen LogP contribution in [0.25, 0.3) is 0 Å². The van der Waals surface area contributed by atoms with Crippen molar-refractivity contribution in [3.05, 3.63) is 42.1 Å². The third kappa shape index (κ3) is 5.33. The summed E-state index contributed by atoms with van der Waals surface area (Å²) in [5.41, 5.74) is 2.20. The van der Waals surface area contributed by atoms with E-state index in [-0.39, 0.29) is 6.10 Å². The second kappa shape index (κ2) is 9.37. The molecule has 7 nitrogen and oxygen atoms in total. The van der Waals surface area contributed by atoms with Crippen LogP contribution >= 0.6 is 12.2 Å². The number of anilines is 3. The van der Waals surface area contributed by atoms with Crippen molar-refractivity contribution < 1.29 is 4.74 Å². The van der Waals surface area contributed by atoms with Crippen LogP contribution in [0.3, 0.4) is 0 Å². The average Bonchev–Trinajstić information content (AvgIpc) is 3.26. The molecule has 1 aromatic carbocycles. The molecule has 1 aromatic heterocycles. The third-order valence-corrected chi connectivity index (χ3v) is 5.55. The summed E-state index contributed by atoms with van der Waals surface area (Å²) in [5, 5.41) is 6.87. The number of aromatic nitrogens is 2. The molecule has 3 heterocycles. The number of piperazine rings is 1. The summed E-state index contributed by atoms with van der Waals surface area (Å²) in [5.74, 6) is 1.48. The first-order valence-electron chi connectivity index (χ1n) is 10.2. The van der Waals surface area contributed by atoms with Gasteiger partial charge in [0.25, 0.3) is 0 Å². The van der Waals surface area contributed by atoms with Crippen LogP contribution in [0.2, 0.25) is 0 Å². The smallest absolute Gasteiger partial charge is 0.231 e. The molecule has 2 saturated heterocycles. The Hall–Kier alpha value is -2.45. The molecular formula is C21H28N6OS. The molecule has 1 unspecified atom stereocenters. The second-order valence-corrected chi connectivity index (χ2v) is 7.88. The Bertz CT molecular complexity index is 819. The van der Waals surface area contributed by atoms with E-state index in [2.05, 4.69) is 55.7 Å². The van der Waals surface area contributed by atoms with Gasteiger partial charge < -0.3 is 25.2 Å². The molecule has 29 heavy (non-hydrogen) atoms. The molecule has 2 aliphatic heterocycles. The summed E-state index contributed by atoms with van der Waals surface area (Å²) in [4.78, 5) is 13.9. The molecule has 0 radical (unpaired) electrons. The molecule has 0 saturated carbocycles. The highest BCUT2D eigenvalue weighted by Gasteiger charge is 2.20. The van der Waals surface area contributed by atoms with Gasteiger partial charge in [0.05, 0.1) is 6.10 Å². The first-order valence-corrected chi connectivity index (χ1v) is 10.7. The summed E-state index contributed by atoms with van der Waals surface area (Å²) in [6, 6.07) is 12.6. The Morgan fingerprint density at radius 2 is 1.90 bits per heavy atom. The normalized spacial score (nSPS) is 19.3. The minimum atomic E-state index is 0.240. The highest BCUT2D eigenvalue weighted by molar-refractivity contribution is 7.80. The van der Waals surface area contributed by atoms with Crippen LogP contribution < -0.4 is 20.4 Å². The molecule has 2 aliphatic rings. The summed E-state index contributed by atoms with van der Waals surface area (Å²) in [6.07, 6.45) is 2.44. The molecule has 0 aliphatic carbocycles. The van der Waals surface area contributed by atoms with Gasteiger partial charge in [-0.3, -0.25) is 0 Å². The Kier molecular flexibility index (Phi) is 6.41. The lowest BCUT2D eigenvalue weighted by molar-refractivity contribution is 0.114. The van der Waals surface area contributed by atoms with Gasteiger partial charge in [-0.15, -0.1) is 0 Å². The number of hydrogen-bond donors (Lipinski definition) is 2. The van der Waals surface area contributed by atoms with Crippen LogP contribution in [-0.2, 0) is 4.74 Å². The number of aryl methyl sites for hydroxylation is 1. The van der Waals surface area contributed by atoms with Gasteiger partial charge in [0.1, 0.15) is 5.82 Å². The van der Waals surface area contributed by atoms with E-state index < -0.39 is 0 Å². The standard InChI is InChI=1S/C21H28N6OS/c1-16-14-19(27-11-9-26(10-12-27)17-6-3-2-4-7-17)24-20(23-16)25-21(29)22-15-18-8-5-13-28-18/h2-4,6-7,14,18H,5,8-13,15H2,1H3,(H2,22,23,24,25,29).